The Morgan fingerprint density at radius 2 is 1.93 bits per heavy atom. The molecule has 1 aliphatic carbocycles. The van der Waals surface area contributed by atoms with Crippen molar-refractivity contribution in [3.8, 4) is 0 Å². The van der Waals surface area contributed by atoms with Crippen LogP contribution in [0.5, 0.6) is 0 Å². The van der Waals surface area contributed by atoms with Crippen molar-refractivity contribution >= 4 is 11.8 Å². The summed E-state index contributed by atoms with van der Waals surface area (Å²) in [4.78, 5) is 5.31. The summed E-state index contributed by atoms with van der Waals surface area (Å²) < 4.78 is 0. The number of aromatic nitrogens is 1. The fourth-order valence-electron chi connectivity index (χ4n) is 1.86. The molecule has 0 aliphatic heterocycles. The monoisotopic (exact) mass is 208 g/mol. The Bertz CT molecular complexity index is 276. The van der Waals surface area contributed by atoms with Crippen molar-refractivity contribution < 1.29 is 0 Å². The molecule has 0 aromatic carbocycles. The van der Waals surface area contributed by atoms with Gasteiger partial charge in [0.05, 0.1) is 0 Å². The van der Waals surface area contributed by atoms with E-state index in [4.69, 9.17) is 5.73 Å². The highest BCUT2D eigenvalue weighted by molar-refractivity contribution is 8.00. The van der Waals surface area contributed by atoms with Crippen molar-refractivity contribution in [3.63, 3.8) is 0 Å². The largest absolute Gasteiger partial charge is 0.327 e. The van der Waals surface area contributed by atoms with Gasteiger partial charge in [0, 0.05) is 28.6 Å². The average Bonchev–Trinajstić information content (AvgIpc) is 2.23. The van der Waals surface area contributed by atoms with E-state index in [1.807, 2.05) is 24.2 Å². The van der Waals surface area contributed by atoms with Gasteiger partial charge < -0.3 is 5.73 Å². The standard InChI is InChI=1S/C11H16N2S/c12-10-3-1-2-4-11(10)14-9-5-7-13-8-6-9/h5-8,10-11H,1-4,12H2. The molecular weight excluding hydrogens is 192 g/mol. The van der Waals surface area contributed by atoms with E-state index in [9.17, 15) is 0 Å². The van der Waals surface area contributed by atoms with Crippen LogP contribution in [0.1, 0.15) is 25.7 Å². The van der Waals surface area contributed by atoms with E-state index < -0.39 is 0 Å². The highest BCUT2D eigenvalue weighted by atomic mass is 32.2. The molecule has 1 saturated carbocycles. The van der Waals surface area contributed by atoms with Crippen LogP contribution in [0.15, 0.2) is 29.4 Å². The normalized spacial score (nSPS) is 27.5. The molecular formula is C11H16N2S. The highest BCUT2D eigenvalue weighted by Gasteiger charge is 2.22. The Labute approximate surface area is 89.3 Å². The number of pyridine rings is 1. The summed E-state index contributed by atoms with van der Waals surface area (Å²) in [5, 5.41) is 0.603. The van der Waals surface area contributed by atoms with Crippen molar-refractivity contribution in [2.45, 2.75) is 41.9 Å². The molecule has 2 N–H and O–H groups in total. The predicted octanol–water partition coefficient (Wildman–Crippen LogP) is 2.44. The maximum absolute atomic E-state index is 6.09. The molecule has 0 saturated heterocycles. The van der Waals surface area contributed by atoms with Gasteiger partial charge in [0.15, 0.2) is 0 Å². The molecule has 76 valence electrons. The predicted molar refractivity (Wildman–Crippen MR) is 60.3 cm³/mol. The van der Waals surface area contributed by atoms with Gasteiger partial charge in [0.2, 0.25) is 0 Å². The number of nitrogens with two attached hydrogens (primary N) is 1. The van der Waals surface area contributed by atoms with Crippen LogP contribution >= 0.6 is 11.8 Å². The third-order valence-corrected chi connectivity index (χ3v) is 4.12. The number of thioether (sulfide) groups is 1. The summed E-state index contributed by atoms with van der Waals surface area (Å²) in [6.07, 6.45) is 8.76. The minimum Gasteiger partial charge on any atom is -0.327 e. The number of rotatable bonds is 2. The fourth-order valence-corrected chi connectivity index (χ4v) is 3.09. The third-order valence-electron chi connectivity index (χ3n) is 2.69. The molecule has 2 rings (SSSR count). The molecule has 0 spiro atoms. The van der Waals surface area contributed by atoms with Crippen LogP contribution in [-0.2, 0) is 0 Å². The Morgan fingerprint density at radius 3 is 2.64 bits per heavy atom. The summed E-state index contributed by atoms with van der Waals surface area (Å²) in [5.74, 6) is 0. The molecule has 1 aromatic heterocycles. The van der Waals surface area contributed by atoms with Gasteiger partial charge in [0.1, 0.15) is 0 Å². The van der Waals surface area contributed by atoms with Crippen molar-refractivity contribution in [3.05, 3.63) is 24.5 Å². The summed E-state index contributed by atoms with van der Waals surface area (Å²) in [6.45, 7) is 0. The summed E-state index contributed by atoms with van der Waals surface area (Å²) in [6, 6.07) is 4.50. The second-order valence-electron chi connectivity index (χ2n) is 3.79. The van der Waals surface area contributed by atoms with Crippen molar-refractivity contribution in [1.82, 2.24) is 4.98 Å². The van der Waals surface area contributed by atoms with E-state index in [0.29, 0.717) is 11.3 Å². The minimum atomic E-state index is 0.377. The first kappa shape index (κ1) is 9.99. The zero-order valence-corrected chi connectivity index (χ0v) is 9.04. The quantitative estimate of drug-likeness (QED) is 0.811. The Balaban J connectivity index is 1.96. The van der Waals surface area contributed by atoms with Crippen LogP contribution in [0.25, 0.3) is 0 Å². The molecule has 1 aliphatic rings. The molecule has 0 radical (unpaired) electrons. The van der Waals surface area contributed by atoms with Gasteiger partial charge in [-0.1, -0.05) is 12.8 Å². The van der Waals surface area contributed by atoms with Crippen molar-refractivity contribution in [2.24, 2.45) is 5.73 Å². The molecule has 2 nitrogen and oxygen atoms in total. The summed E-state index contributed by atoms with van der Waals surface area (Å²) >= 11 is 1.91. The van der Waals surface area contributed by atoms with Gasteiger partial charge >= 0.3 is 0 Å². The van der Waals surface area contributed by atoms with E-state index >= 15 is 0 Å². The second kappa shape index (κ2) is 4.80. The molecule has 0 bridgehead atoms. The first-order valence-corrected chi connectivity index (χ1v) is 6.06. The van der Waals surface area contributed by atoms with Gasteiger partial charge in [-0.3, -0.25) is 4.98 Å². The maximum atomic E-state index is 6.09. The lowest BCUT2D eigenvalue weighted by atomic mass is 9.96. The molecule has 1 aromatic rings. The van der Waals surface area contributed by atoms with Crippen molar-refractivity contribution in [2.75, 3.05) is 0 Å². The minimum absolute atomic E-state index is 0.377. The molecule has 2 atom stereocenters. The van der Waals surface area contributed by atoms with Gasteiger partial charge in [-0.15, -0.1) is 11.8 Å². The number of hydrogen-bond donors (Lipinski definition) is 1. The van der Waals surface area contributed by atoms with Gasteiger partial charge in [-0.25, -0.2) is 0 Å². The smallest absolute Gasteiger partial charge is 0.0278 e. The van der Waals surface area contributed by atoms with Gasteiger partial charge in [-0.2, -0.15) is 0 Å². The molecule has 0 amide bonds. The second-order valence-corrected chi connectivity index (χ2v) is 5.10. The molecule has 2 unspecified atom stereocenters. The molecule has 1 heterocycles. The Hall–Kier alpha value is -0.540. The lowest BCUT2D eigenvalue weighted by Crippen LogP contribution is -2.35. The van der Waals surface area contributed by atoms with Gasteiger partial charge in [-0.05, 0) is 25.0 Å². The van der Waals surface area contributed by atoms with Crippen LogP contribution in [0.2, 0.25) is 0 Å². The molecule has 3 heteroatoms. The van der Waals surface area contributed by atoms with E-state index in [1.165, 1.54) is 30.6 Å². The van der Waals surface area contributed by atoms with E-state index in [0.717, 1.165) is 0 Å². The summed E-state index contributed by atoms with van der Waals surface area (Å²) in [5.41, 5.74) is 6.09. The molecule has 1 fully saturated rings. The van der Waals surface area contributed by atoms with E-state index in [2.05, 4.69) is 17.1 Å². The van der Waals surface area contributed by atoms with Crippen LogP contribution in [0.3, 0.4) is 0 Å². The highest BCUT2D eigenvalue weighted by Crippen LogP contribution is 2.32. The lowest BCUT2D eigenvalue weighted by Gasteiger charge is -2.27. The lowest BCUT2D eigenvalue weighted by molar-refractivity contribution is 0.453. The van der Waals surface area contributed by atoms with E-state index in [-0.39, 0.29) is 0 Å². The van der Waals surface area contributed by atoms with Crippen LogP contribution < -0.4 is 5.73 Å². The summed E-state index contributed by atoms with van der Waals surface area (Å²) in [7, 11) is 0. The fraction of sp³-hybridized carbons (Fsp3) is 0.545. The van der Waals surface area contributed by atoms with Crippen LogP contribution in [0.4, 0.5) is 0 Å². The SMILES string of the molecule is NC1CCCCC1Sc1ccncc1. The van der Waals surface area contributed by atoms with Crippen LogP contribution in [-0.4, -0.2) is 16.3 Å². The third kappa shape index (κ3) is 2.49. The first-order chi connectivity index (χ1) is 6.86. The molecule has 14 heavy (non-hydrogen) atoms. The van der Waals surface area contributed by atoms with Crippen molar-refractivity contribution in [1.29, 1.82) is 0 Å². The number of nitrogens with zero attached hydrogens (tertiary/aromatic N) is 1. The Kier molecular flexibility index (Phi) is 3.43. The Morgan fingerprint density at radius 1 is 1.21 bits per heavy atom. The maximum Gasteiger partial charge on any atom is 0.0278 e. The van der Waals surface area contributed by atoms with E-state index in [1.54, 1.807) is 0 Å². The van der Waals surface area contributed by atoms with Crippen LogP contribution in [0, 0.1) is 0 Å². The zero-order chi connectivity index (χ0) is 9.80. The van der Waals surface area contributed by atoms with Gasteiger partial charge in [0.25, 0.3) is 0 Å². The zero-order valence-electron chi connectivity index (χ0n) is 8.23. The topological polar surface area (TPSA) is 38.9 Å². The first-order valence-electron chi connectivity index (χ1n) is 5.18. The average molecular weight is 208 g/mol. The number of hydrogen-bond acceptors (Lipinski definition) is 3.